The van der Waals surface area contributed by atoms with Gasteiger partial charge in [-0.15, -0.1) is 0 Å². The third-order valence-electron chi connectivity index (χ3n) is 4.54. The lowest BCUT2D eigenvalue weighted by Crippen LogP contribution is -2.43. The zero-order chi connectivity index (χ0) is 16.8. The van der Waals surface area contributed by atoms with Crippen LogP contribution in [0.2, 0.25) is 0 Å². The third-order valence-corrected chi connectivity index (χ3v) is 4.54. The van der Waals surface area contributed by atoms with E-state index < -0.39 is 23.6 Å². The maximum atomic E-state index is 12.1. The van der Waals surface area contributed by atoms with Gasteiger partial charge in [-0.1, -0.05) is 12.1 Å². The number of carbonyl (C=O) groups excluding carboxylic acids is 1. The molecule has 2 aliphatic rings. The average molecular weight is 289 g/mol. The summed E-state index contributed by atoms with van der Waals surface area (Å²) >= 11 is 0. The molecule has 0 aromatic heterocycles. The molecule has 1 aromatic rings. The number of benzene rings is 1. The Bertz CT molecular complexity index is 674. The number of allylic oxidation sites excluding steroid dienone is 1. The zero-order valence-corrected chi connectivity index (χ0v) is 12.6. The van der Waals surface area contributed by atoms with Crippen molar-refractivity contribution >= 4 is 5.78 Å². The third kappa shape index (κ3) is 2.14. The Labute approximate surface area is 128 Å². The normalized spacial score (nSPS) is 32.3. The van der Waals surface area contributed by atoms with E-state index in [0.29, 0.717) is 11.5 Å². The van der Waals surface area contributed by atoms with Crippen molar-refractivity contribution in [2.24, 2.45) is 0 Å². The summed E-state index contributed by atoms with van der Waals surface area (Å²) in [5.41, 5.74) is 0.406. The van der Waals surface area contributed by atoms with Crippen LogP contribution in [0.4, 0.5) is 0 Å². The largest absolute Gasteiger partial charge is 0.493 e. The van der Waals surface area contributed by atoms with Crippen molar-refractivity contribution < 1.29 is 17.0 Å². The standard InChI is InChI=1S/C17H21NO3/c1-18-9-8-17(7-6-13(19)11-16(17)18)12-4-5-14(20-2)15(10-12)21-3/h4-7,10,16H,8-9,11H2,1-3H3/t16-,17-/m0/s1/i11D2. The molecule has 0 N–H and O–H groups in total. The Balaban J connectivity index is 2.17. The molecule has 0 bridgehead atoms. The van der Waals surface area contributed by atoms with Gasteiger partial charge in [0.15, 0.2) is 17.3 Å². The number of hydrogen-bond acceptors (Lipinski definition) is 4. The van der Waals surface area contributed by atoms with Crippen LogP contribution in [0.15, 0.2) is 30.4 Å². The van der Waals surface area contributed by atoms with Crippen LogP contribution < -0.4 is 9.47 Å². The molecule has 0 unspecified atom stereocenters. The highest BCUT2D eigenvalue weighted by molar-refractivity contribution is 5.92. The minimum absolute atomic E-state index is 0.465. The molecule has 0 amide bonds. The minimum Gasteiger partial charge on any atom is -0.493 e. The van der Waals surface area contributed by atoms with Gasteiger partial charge in [0.2, 0.25) is 0 Å². The molecule has 1 heterocycles. The molecule has 4 heteroatoms. The molecule has 0 saturated carbocycles. The summed E-state index contributed by atoms with van der Waals surface area (Å²) in [7, 11) is 5.04. The molecular weight excluding hydrogens is 266 g/mol. The van der Waals surface area contributed by atoms with Crippen LogP contribution in [-0.4, -0.2) is 44.5 Å². The maximum absolute atomic E-state index is 12.1. The molecule has 4 nitrogen and oxygen atoms in total. The van der Waals surface area contributed by atoms with E-state index in [1.165, 1.54) is 6.08 Å². The van der Waals surface area contributed by atoms with Gasteiger partial charge in [-0.2, -0.15) is 0 Å². The summed E-state index contributed by atoms with van der Waals surface area (Å²) in [6.45, 7) is 0.732. The van der Waals surface area contributed by atoms with Gasteiger partial charge in [0.25, 0.3) is 0 Å². The number of fused-ring (bicyclic) bond motifs is 1. The quantitative estimate of drug-likeness (QED) is 0.855. The number of ketones is 1. The molecule has 0 radical (unpaired) electrons. The van der Waals surface area contributed by atoms with Gasteiger partial charge in [0.05, 0.1) is 14.2 Å². The SMILES string of the molecule is [2H]C1([2H])C(=O)C=C[C@@]2(c3ccc(OC)c(OC)c3)CCN(C)[C@@H]12. The van der Waals surface area contributed by atoms with E-state index in [1.54, 1.807) is 14.2 Å². The van der Waals surface area contributed by atoms with Gasteiger partial charge < -0.3 is 14.4 Å². The highest BCUT2D eigenvalue weighted by Crippen LogP contribution is 2.46. The Hall–Kier alpha value is -1.81. The molecule has 1 fully saturated rings. The summed E-state index contributed by atoms with van der Waals surface area (Å²) in [5, 5.41) is 0. The molecule has 0 spiro atoms. The fourth-order valence-electron chi connectivity index (χ4n) is 3.37. The molecule has 21 heavy (non-hydrogen) atoms. The molecule has 1 aliphatic heterocycles. The van der Waals surface area contributed by atoms with Crippen molar-refractivity contribution in [2.75, 3.05) is 27.8 Å². The smallest absolute Gasteiger partial charge is 0.161 e. The fraction of sp³-hybridized carbons (Fsp3) is 0.471. The lowest BCUT2D eigenvalue weighted by Gasteiger charge is -2.37. The van der Waals surface area contributed by atoms with Crippen molar-refractivity contribution in [1.82, 2.24) is 4.90 Å². The number of rotatable bonds is 3. The number of hydrogen-bond donors (Lipinski definition) is 0. The molecule has 3 rings (SSSR count). The molecular formula is C17H21NO3. The number of likely N-dealkylation sites (tertiary alicyclic amines) is 1. The van der Waals surface area contributed by atoms with Crippen molar-refractivity contribution in [3.63, 3.8) is 0 Å². The van der Waals surface area contributed by atoms with Gasteiger partial charge in [-0.3, -0.25) is 4.79 Å². The van der Waals surface area contributed by atoms with E-state index in [2.05, 4.69) is 0 Å². The number of carbonyl (C=O) groups is 1. The van der Waals surface area contributed by atoms with Gasteiger partial charge in [0, 0.05) is 20.6 Å². The van der Waals surface area contributed by atoms with Crippen molar-refractivity contribution in [1.29, 1.82) is 0 Å². The van der Waals surface area contributed by atoms with Crippen molar-refractivity contribution in [2.45, 2.75) is 24.3 Å². The highest BCUT2D eigenvalue weighted by Gasteiger charge is 2.48. The van der Waals surface area contributed by atoms with Crippen LogP contribution in [0.5, 0.6) is 11.5 Å². The molecule has 1 aliphatic carbocycles. The minimum atomic E-state index is -1.91. The van der Waals surface area contributed by atoms with Crippen LogP contribution in [0, 0.1) is 0 Å². The summed E-state index contributed by atoms with van der Waals surface area (Å²) in [4.78, 5) is 14.0. The van der Waals surface area contributed by atoms with E-state index in [9.17, 15) is 4.79 Å². The summed E-state index contributed by atoms with van der Waals surface area (Å²) in [6.07, 6.45) is 2.11. The Kier molecular flexibility index (Phi) is 2.92. The maximum Gasteiger partial charge on any atom is 0.161 e. The van der Waals surface area contributed by atoms with Crippen molar-refractivity contribution in [3.8, 4) is 11.5 Å². The number of ether oxygens (including phenoxy) is 2. The van der Waals surface area contributed by atoms with Gasteiger partial charge >= 0.3 is 0 Å². The molecule has 1 aromatic carbocycles. The average Bonchev–Trinajstić information content (AvgIpc) is 2.90. The van der Waals surface area contributed by atoms with E-state index in [0.717, 1.165) is 18.5 Å². The highest BCUT2D eigenvalue weighted by atomic mass is 16.5. The monoisotopic (exact) mass is 289 g/mol. The van der Waals surface area contributed by atoms with Crippen molar-refractivity contribution in [3.05, 3.63) is 35.9 Å². The number of methoxy groups -OCH3 is 2. The second kappa shape index (κ2) is 5.19. The number of nitrogens with zero attached hydrogens (tertiary/aromatic N) is 1. The first-order valence-corrected chi connectivity index (χ1v) is 7.03. The zero-order valence-electron chi connectivity index (χ0n) is 14.6. The van der Waals surface area contributed by atoms with Gasteiger partial charge in [-0.05, 0) is 43.8 Å². The lowest BCUT2D eigenvalue weighted by atomic mass is 9.69. The van der Waals surface area contributed by atoms with E-state index in [4.69, 9.17) is 12.2 Å². The van der Waals surface area contributed by atoms with Gasteiger partial charge in [0.1, 0.15) is 0 Å². The van der Waals surface area contributed by atoms with E-state index in [1.807, 2.05) is 36.2 Å². The summed E-state index contributed by atoms with van der Waals surface area (Å²) in [5.74, 6) is 0.778. The van der Waals surface area contributed by atoms with Crippen LogP contribution >= 0.6 is 0 Å². The van der Waals surface area contributed by atoms with E-state index >= 15 is 0 Å². The Morgan fingerprint density at radius 3 is 2.81 bits per heavy atom. The predicted octanol–water partition coefficient (Wildman–Crippen LogP) is 2.17. The van der Waals surface area contributed by atoms with Crippen LogP contribution in [0.1, 0.15) is 21.1 Å². The second-order valence-electron chi connectivity index (χ2n) is 5.59. The second-order valence-corrected chi connectivity index (χ2v) is 5.59. The Morgan fingerprint density at radius 2 is 2.10 bits per heavy atom. The number of likely N-dealkylation sites (N-methyl/N-ethyl adjacent to an activating group) is 1. The first-order valence-electron chi connectivity index (χ1n) is 8.03. The first-order chi connectivity index (χ1) is 10.9. The fourth-order valence-corrected chi connectivity index (χ4v) is 3.37. The lowest BCUT2D eigenvalue weighted by molar-refractivity contribution is -0.116. The van der Waals surface area contributed by atoms with E-state index in [-0.39, 0.29) is 0 Å². The summed E-state index contributed by atoms with van der Waals surface area (Å²) in [6, 6.07) is 5.13. The molecule has 2 atom stereocenters. The predicted molar refractivity (Wildman–Crippen MR) is 81.0 cm³/mol. The first kappa shape index (κ1) is 11.8. The van der Waals surface area contributed by atoms with Crippen LogP contribution in [-0.2, 0) is 10.2 Å². The van der Waals surface area contributed by atoms with Crippen LogP contribution in [0.3, 0.4) is 0 Å². The topological polar surface area (TPSA) is 38.8 Å². The van der Waals surface area contributed by atoms with Gasteiger partial charge in [-0.25, -0.2) is 0 Å². The molecule has 1 saturated heterocycles. The summed E-state index contributed by atoms with van der Waals surface area (Å²) < 4.78 is 27.3. The Morgan fingerprint density at radius 1 is 1.33 bits per heavy atom. The molecule has 112 valence electrons. The van der Waals surface area contributed by atoms with Crippen LogP contribution in [0.25, 0.3) is 0 Å².